The summed E-state index contributed by atoms with van der Waals surface area (Å²) in [6.45, 7) is 7.84. The number of carbonyl (C=O) groups excluding carboxylic acids is 3. The average Bonchev–Trinajstić information content (AvgIpc) is 3.73. The molecule has 16 nitrogen and oxygen atoms in total. The molecule has 346 valence electrons. The molecule has 10 rings (SSSR count). The van der Waals surface area contributed by atoms with Crippen LogP contribution in [0.25, 0.3) is 0 Å². The number of carbonyl (C=O) groups is 3. The third-order valence-electron chi connectivity index (χ3n) is 13.2. The first kappa shape index (κ1) is 44.6. The van der Waals surface area contributed by atoms with E-state index in [0.717, 1.165) is 5.56 Å². The Labute approximate surface area is 376 Å². The molecule has 20 heteroatoms. The second-order valence-corrected chi connectivity index (χ2v) is 19.1. The molecule has 0 saturated carbocycles. The van der Waals surface area contributed by atoms with Crippen molar-refractivity contribution >= 4 is 29.9 Å². The quantitative estimate of drug-likeness (QED) is 0.173. The van der Waals surface area contributed by atoms with E-state index in [0.29, 0.717) is 35.1 Å². The zero-order valence-electron chi connectivity index (χ0n) is 36.8. The van der Waals surface area contributed by atoms with Crippen LogP contribution in [0.1, 0.15) is 82.6 Å². The van der Waals surface area contributed by atoms with Crippen LogP contribution in [0.5, 0.6) is 40.2 Å². The van der Waals surface area contributed by atoms with Crippen molar-refractivity contribution in [2.24, 2.45) is 0 Å². The van der Waals surface area contributed by atoms with Crippen molar-refractivity contribution < 1.29 is 70.6 Å². The summed E-state index contributed by atoms with van der Waals surface area (Å²) in [4.78, 5) is 44.7. The zero-order chi connectivity index (χ0) is 46.7. The molecule has 2 fully saturated rings. The first-order chi connectivity index (χ1) is 30.7. The number of phenolic OH excluding ortho intramolecular Hbond substituents is 1. The molecular formula is C45H47F3N4O12S. The number of nitrogens with one attached hydrogen (secondary N) is 1. The fourth-order valence-corrected chi connectivity index (χ4v) is 12.3. The van der Waals surface area contributed by atoms with Crippen LogP contribution in [0.15, 0.2) is 18.2 Å². The second-order valence-electron chi connectivity index (χ2n) is 17.9. The van der Waals surface area contributed by atoms with Crippen molar-refractivity contribution in [1.82, 2.24) is 15.1 Å². The molecule has 7 aliphatic rings. The number of alkyl halides is 3. The maximum atomic E-state index is 15.0. The van der Waals surface area contributed by atoms with E-state index in [9.17, 15) is 33.1 Å². The van der Waals surface area contributed by atoms with Gasteiger partial charge in [-0.2, -0.15) is 18.4 Å². The summed E-state index contributed by atoms with van der Waals surface area (Å²) in [5, 5.41) is 25.7. The molecule has 0 aliphatic carbocycles. The first-order valence-corrected chi connectivity index (χ1v) is 22.0. The molecule has 7 atom stereocenters. The van der Waals surface area contributed by atoms with Gasteiger partial charge in [0.25, 0.3) is 0 Å². The number of aryl methyl sites for hydroxylation is 1. The molecular weight excluding hydrogens is 878 g/mol. The number of halogens is 3. The Hall–Kier alpha value is -5.62. The van der Waals surface area contributed by atoms with Gasteiger partial charge in [-0.25, -0.2) is 14.4 Å². The predicted octanol–water partition coefficient (Wildman–Crippen LogP) is 6.14. The number of nitriles is 1. The molecule has 65 heavy (non-hydrogen) atoms. The number of rotatable bonds is 4. The van der Waals surface area contributed by atoms with E-state index in [4.69, 9.17) is 37.9 Å². The Bertz CT molecular complexity index is 2580. The molecule has 7 aliphatic heterocycles. The molecule has 3 aromatic rings. The van der Waals surface area contributed by atoms with Gasteiger partial charge in [-0.3, -0.25) is 15.1 Å². The smallest absolute Gasteiger partial charge is 0.504 e. The Morgan fingerprint density at radius 2 is 1.72 bits per heavy atom. The number of ether oxygens (including phenoxy) is 8. The molecule has 1 spiro atoms. The lowest BCUT2D eigenvalue weighted by Crippen LogP contribution is -2.69. The van der Waals surface area contributed by atoms with Crippen LogP contribution in [0.2, 0.25) is 0 Å². The monoisotopic (exact) mass is 924 g/mol. The molecule has 4 bridgehead atoms. The lowest BCUT2D eigenvalue weighted by molar-refractivity contribution is -0.189. The Kier molecular flexibility index (Phi) is 10.8. The number of fused-ring (bicyclic) bond motifs is 9. The van der Waals surface area contributed by atoms with Crippen molar-refractivity contribution in [2.45, 2.75) is 100 Å². The van der Waals surface area contributed by atoms with Gasteiger partial charge in [0, 0.05) is 46.6 Å². The molecule has 3 aromatic carbocycles. The van der Waals surface area contributed by atoms with E-state index in [2.05, 4.69) is 11.4 Å². The number of piperazine rings is 1. The van der Waals surface area contributed by atoms with Crippen LogP contribution in [0.3, 0.4) is 0 Å². The SMILES string of the molecule is COc1cc2c(cc1OC(=O)OC(C)(C)C)CCN[C@]21CS[C@@H]2c3c(OC(=O)C(F)(F)F)c(C)c4c(c3[C@H](COC1=O)N1C2[C@@H]2c3c(cc(C)c(OC)c3O)C[C@@H]([C@@H]1C#N)N2C)OCO4. The Balaban J connectivity index is 1.28. The van der Waals surface area contributed by atoms with Gasteiger partial charge in [-0.05, 0) is 88.9 Å². The van der Waals surface area contributed by atoms with Crippen molar-refractivity contribution in [3.8, 4) is 46.3 Å². The number of hydrogen-bond acceptors (Lipinski definition) is 17. The number of thioether (sulfide) groups is 1. The van der Waals surface area contributed by atoms with E-state index in [-0.39, 0.29) is 70.3 Å². The number of aromatic hydroxyl groups is 1. The highest BCUT2D eigenvalue weighted by Gasteiger charge is 2.62. The highest BCUT2D eigenvalue weighted by Crippen LogP contribution is 2.65. The van der Waals surface area contributed by atoms with Crippen LogP contribution >= 0.6 is 11.8 Å². The second kappa shape index (κ2) is 15.8. The molecule has 2 saturated heterocycles. The molecule has 0 radical (unpaired) electrons. The fourth-order valence-electron chi connectivity index (χ4n) is 10.6. The van der Waals surface area contributed by atoms with E-state index in [1.165, 1.54) is 32.9 Å². The van der Waals surface area contributed by atoms with Gasteiger partial charge in [-0.15, -0.1) is 11.8 Å². The van der Waals surface area contributed by atoms with Crippen LogP contribution in [0.4, 0.5) is 18.0 Å². The topological polar surface area (TPSA) is 188 Å². The predicted molar refractivity (Wildman–Crippen MR) is 224 cm³/mol. The number of hydrogen-bond donors (Lipinski definition) is 2. The maximum absolute atomic E-state index is 15.0. The van der Waals surface area contributed by atoms with Crippen LogP contribution < -0.4 is 33.7 Å². The summed E-state index contributed by atoms with van der Waals surface area (Å²) in [6.07, 6.45) is -5.64. The van der Waals surface area contributed by atoms with E-state index >= 15 is 4.79 Å². The summed E-state index contributed by atoms with van der Waals surface area (Å²) < 4.78 is 88.9. The largest absolute Gasteiger partial charge is 0.514 e. The minimum atomic E-state index is -5.39. The molecule has 7 heterocycles. The normalized spacial score (nSPS) is 26.7. The number of likely N-dealkylation sites (N-methyl/N-ethyl adjacent to an activating group) is 1. The van der Waals surface area contributed by atoms with Gasteiger partial charge >= 0.3 is 24.3 Å². The minimum Gasteiger partial charge on any atom is -0.504 e. The van der Waals surface area contributed by atoms with Crippen molar-refractivity contribution in [1.29, 1.82) is 5.26 Å². The molecule has 0 aromatic heterocycles. The number of phenols is 1. The number of nitrogens with zero attached hydrogens (tertiary/aromatic N) is 3. The summed E-state index contributed by atoms with van der Waals surface area (Å²) in [6, 6.07) is 3.51. The van der Waals surface area contributed by atoms with E-state index in [1.807, 2.05) is 22.9 Å². The molecule has 0 amide bonds. The summed E-state index contributed by atoms with van der Waals surface area (Å²) in [5.41, 5.74) is 0.972. The first-order valence-electron chi connectivity index (χ1n) is 20.9. The van der Waals surface area contributed by atoms with Gasteiger partial charge < -0.3 is 43.0 Å². The number of esters is 2. The summed E-state index contributed by atoms with van der Waals surface area (Å²) in [5.74, 6) is -3.23. The highest BCUT2D eigenvalue weighted by molar-refractivity contribution is 7.99. The number of benzene rings is 3. The summed E-state index contributed by atoms with van der Waals surface area (Å²) >= 11 is 1.18. The van der Waals surface area contributed by atoms with Crippen LogP contribution in [0, 0.1) is 25.2 Å². The van der Waals surface area contributed by atoms with Crippen LogP contribution in [-0.2, 0) is 37.4 Å². The maximum Gasteiger partial charge on any atom is 0.514 e. The average molecular weight is 925 g/mol. The summed E-state index contributed by atoms with van der Waals surface area (Å²) in [7, 11) is 4.65. The third kappa shape index (κ3) is 6.95. The lowest BCUT2D eigenvalue weighted by atomic mass is 9.71. The zero-order valence-corrected chi connectivity index (χ0v) is 37.6. The third-order valence-corrected chi connectivity index (χ3v) is 14.7. The van der Waals surface area contributed by atoms with Crippen molar-refractivity contribution in [3.05, 3.63) is 62.7 Å². The Morgan fingerprint density at radius 1 is 0.985 bits per heavy atom. The minimum absolute atomic E-state index is 0.0474. The van der Waals surface area contributed by atoms with Crippen molar-refractivity contribution in [2.75, 3.05) is 47.0 Å². The van der Waals surface area contributed by atoms with Crippen LogP contribution in [-0.4, -0.2) is 110 Å². The van der Waals surface area contributed by atoms with Gasteiger partial charge in [-0.1, -0.05) is 6.07 Å². The highest BCUT2D eigenvalue weighted by atomic mass is 32.2. The van der Waals surface area contributed by atoms with E-state index in [1.54, 1.807) is 39.8 Å². The molecule has 2 N–H and O–H groups in total. The fraction of sp³-hybridized carbons (Fsp3) is 0.511. The van der Waals surface area contributed by atoms with E-state index < -0.39 is 83.2 Å². The van der Waals surface area contributed by atoms with Crippen molar-refractivity contribution in [3.63, 3.8) is 0 Å². The Morgan fingerprint density at radius 3 is 2.40 bits per heavy atom. The standard InChI is InChI=1S/C45H47F3N4O12S/c1-19-11-22-12-24-25(15-49)52-26-16-59-40(54)44(23-14-27(57-7)28(13-21(23)9-10-50-44)62-42(56)64-43(3,4)5)17-65-39(33(52)32(51(24)6)29(22)34(53)35(19)58-8)31-30(26)38-37(60-18-61-38)20(2)36(31)63-41(55)45(46,47)48/h11,13-14,24-26,32-33,39,50,53H,9-10,12,16-18H2,1-8H3/t24-,25-,26-,32-,33?,39+,44+/m0/s1. The number of methoxy groups -OCH3 is 2. The van der Waals surface area contributed by atoms with Gasteiger partial charge in [0.15, 0.2) is 40.0 Å². The van der Waals surface area contributed by atoms with Gasteiger partial charge in [0.2, 0.25) is 6.79 Å². The van der Waals surface area contributed by atoms with Gasteiger partial charge in [0.05, 0.1) is 37.6 Å². The lowest BCUT2D eigenvalue weighted by Gasteiger charge is -2.62. The van der Waals surface area contributed by atoms with Gasteiger partial charge in [0.1, 0.15) is 24.0 Å². The molecule has 1 unspecified atom stereocenters.